The van der Waals surface area contributed by atoms with Crippen LogP contribution in [-0.2, 0) is 0 Å². The summed E-state index contributed by atoms with van der Waals surface area (Å²) in [6.07, 6.45) is -3.04. The second-order valence-corrected chi connectivity index (χ2v) is 1.28. The third-order valence-electron chi connectivity index (χ3n) is 0.421. The van der Waals surface area contributed by atoms with Gasteiger partial charge in [0.2, 0.25) is 6.16 Å². The molecule has 0 aromatic heterocycles. The van der Waals surface area contributed by atoms with Crippen LogP contribution in [0, 0.1) is 0 Å². The SMILES string of the molecule is O=C([O-])O.OCC(O)CO.[Na+]. The van der Waals surface area contributed by atoms with E-state index >= 15 is 0 Å². The predicted molar refractivity (Wildman–Crippen MR) is 28.2 cm³/mol. The molecular weight excluding hydrogens is 167 g/mol. The second-order valence-electron chi connectivity index (χ2n) is 1.28. The molecule has 0 radical (unpaired) electrons. The van der Waals surface area contributed by atoms with Crippen molar-refractivity contribution in [3.8, 4) is 0 Å². The molecule has 0 aliphatic rings. The minimum atomic E-state index is -2.08. The summed E-state index contributed by atoms with van der Waals surface area (Å²) >= 11 is 0. The normalized spacial score (nSPS) is 7.64. The largest absolute Gasteiger partial charge is 1.00 e. The fraction of sp³-hybridized carbons (Fsp3) is 0.750. The zero-order chi connectivity index (χ0) is 8.57. The molecule has 0 aliphatic heterocycles. The quantitative estimate of drug-likeness (QED) is 0.311. The summed E-state index contributed by atoms with van der Waals surface area (Å²) in [6, 6.07) is 0. The number of aliphatic hydroxyl groups is 3. The Morgan fingerprint density at radius 2 is 1.55 bits per heavy atom. The van der Waals surface area contributed by atoms with Gasteiger partial charge >= 0.3 is 29.6 Å². The van der Waals surface area contributed by atoms with Crippen LogP contribution in [0.25, 0.3) is 0 Å². The first-order chi connectivity index (χ1) is 4.54. The predicted octanol–water partition coefficient (Wildman–Crippen LogP) is -5.78. The van der Waals surface area contributed by atoms with E-state index in [0.717, 1.165) is 0 Å². The molecule has 0 aromatic rings. The van der Waals surface area contributed by atoms with Gasteiger partial charge in [0.25, 0.3) is 0 Å². The van der Waals surface area contributed by atoms with Crippen molar-refractivity contribution < 1.29 is 59.9 Å². The van der Waals surface area contributed by atoms with E-state index in [9.17, 15) is 0 Å². The first-order valence-corrected chi connectivity index (χ1v) is 2.34. The molecule has 0 saturated heterocycles. The van der Waals surface area contributed by atoms with Crippen LogP contribution >= 0.6 is 0 Å². The molecular formula is C4H9NaO6. The van der Waals surface area contributed by atoms with Gasteiger partial charge in [-0.05, 0) is 0 Å². The molecule has 0 unspecified atom stereocenters. The summed E-state index contributed by atoms with van der Waals surface area (Å²) in [5, 5.41) is 39.3. The third-order valence-corrected chi connectivity index (χ3v) is 0.421. The van der Waals surface area contributed by atoms with Gasteiger partial charge in [-0.15, -0.1) is 0 Å². The Kier molecular flexibility index (Phi) is 20.1. The molecule has 0 rings (SSSR count). The Bertz CT molecular complexity index is 78.7. The molecule has 0 aliphatic carbocycles. The van der Waals surface area contributed by atoms with Crippen LogP contribution in [0.2, 0.25) is 0 Å². The second kappa shape index (κ2) is 12.8. The number of carboxylic acid groups (broad SMARTS) is 2. The summed E-state index contributed by atoms with van der Waals surface area (Å²) in [6.45, 7) is -0.729. The summed E-state index contributed by atoms with van der Waals surface area (Å²) in [4.78, 5) is 8.44. The van der Waals surface area contributed by atoms with Crippen LogP contribution in [-0.4, -0.2) is 45.9 Å². The van der Waals surface area contributed by atoms with Crippen molar-refractivity contribution in [2.45, 2.75) is 6.10 Å². The maximum Gasteiger partial charge on any atom is 1.00 e. The van der Waals surface area contributed by atoms with Gasteiger partial charge in [0, 0.05) is 0 Å². The number of hydrogen-bond acceptors (Lipinski definition) is 5. The Labute approximate surface area is 85.4 Å². The molecule has 0 spiro atoms. The van der Waals surface area contributed by atoms with Crippen molar-refractivity contribution in [3.05, 3.63) is 0 Å². The number of carbonyl (C=O) groups is 1. The molecule has 0 heterocycles. The number of aliphatic hydroxyl groups excluding tert-OH is 3. The summed E-state index contributed by atoms with van der Waals surface area (Å²) in [7, 11) is 0. The van der Waals surface area contributed by atoms with E-state index in [1.165, 1.54) is 0 Å². The van der Waals surface area contributed by atoms with Crippen molar-refractivity contribution in [2.75, 3.05) is 13.2 Å². The molecule has 62 valence electrons. The van der Waals surface area contributed by atoms with Crippen LogP contribution in [0.5, 0.6) is 0 Å². The van der Waals surface area contributed by atoms with Gasteiger partial charge in [-0.3, -0.25) is 0 Å². The van der Waals surface area contributed by atoms with Crippen molar-refractivity contribution in [1.29, 1.82) is 0 Å². The Hall–Kier alpha value is 0.150. The van der Waals surface area contributed by atoms with E-state index in [1.54, 1.807) is 0 Å². The fourth-order valence-electron chi connectivity index (χ4n) is 0.0577. The van der Waals surface area contributed by atoms with Crippen molar-refractivity contribution in [1.82, 2.24) is 0 Å². The summed E-state index contributed by atoms with van der Waals surface area (Å²) < 4.78 is 0. The molecule has 6 nitrogen and oxygen atoms in total. The minimum Gasteiger partial charge on any atom is -0.565 e. The van der Waals surface area contributed by atoms with Crippen LogP contribution in [0.15, 0.2) is 0 Å². The fourth-order valence-corrected chi connectivity index (χ4v) is 0.0577. The van der Waals surface area contributed by atoms with Gasteiger partial charge in [-0.2, -0.15) is 0 Å². The van der Waals surface area contributed by atoms with E-state index < -0.39 is 12.3 Å². The van der Waals surface area contributed by atoms with E-state index in [4.69, 9.17) is 30.3 Å². The molecule has 4 N–H and O–H groups in total. The number of hydrogen-bond donors (Lipinski definition) is 4. The minimum absolute atomic E-state index is 0. The molecule has 0 atom stereocenters. The third kappa shape index (κ3) is 39.1. The van der Waals surface area contributed by atoms with E-state index in [1.807, 2.05) is 0 Å². The molecule has 7 heteroatoms. The Morgan fingerprint density at radius 3 is 1.55 bits per heavy atom. The van der Waals surface area contributed by atoms with Crippen LogP contribution < -0.4 is 34.7 Å². The summed E-state index contributed by atoms with van der Waals surface area (Å²) in [5.41, 5.74) is 0. The van der Waals surface area contributed by atoms with Crippen molar-refractivity contribution in [3.63, 3.8) is 0 Å². The van der Waals surface area contributed by atoms with Gasteiger partial charge < -0.3 is 30.3 Å². The molecule has 11 heavy (non-hydrogen) atoms. The maximum atomic E-state index is 8.44. The van der Waals surface area contributed by atoms with E-state index in [0.29, 0.717) is 0 Å². The van der Waals surface area contributed by atoms with E-state index in [2.05, 4.69) is 0 Å². The van der Waals surface area contributed by atoms with Crippen LogP contribution in [0.3, 0.4) is 0 Å². The molecule has 0 bridgehead atoms. The molecule has 0 amide bonds. The van der Waals surface area contributed by atoms with Crippen LogP contribution in [0.1, 0.15) is 0 Å². The Balaban J connectivity index is -0.000000114. The van der Waals surface area contributed by atoms with Crippen molar-refractivity contribution in [2.24, 2.45) is 0 Å². The smallest absolute Gasteiger partial charge is 0.565 e. The average molecular weight is 176 g/mol. The van der Waals surface area contributed by atoms with Crippen LogP contribution in [0.4, 0.5) is 4.79 Å². The topological polar surface area (TPSA) is 121 Å². The molecule has 0 saturated carbocycles. The maximum absolute atomic E-state index is 8.44. The number of rotatable bonds is 2. The average Bonchev–Trinajstić information content (AvgIpc) is 1.85. The summed E-state index contributed by atoms with van der Waals surface area (Å²) in [5.74, 6) is 0. The van der Waals surface area contributed by atoms with Gasteiger partial charge in [-0.25, -0.2) is 0 Å². The zero-order valence-corrected chi connectivity index (χ0v) is 8.10. The monoisotopic (exact) mass is 176 g/mol. The first kappa shape index (κ1) is 17.3. The Morgan fingerprint density at radius 1 is 1.36 bits per heavy atom. The van der Waals surface area contributed by atoms with Gasteiger partial charge in [0.05, 0.1) is 13.2 Å². The van der Waals surface area contributed by atoms with Gasteiger partial charge in [0.1, 0.15) is 6.10 Å². The van der Waals surface area contributed by atoms with Crippen molar-refractivity contribution >= 4 is 6.16 Å². The van der Waals surface area contributed by atoms with E-state index in [-0.39, 0.29) is 42.8 Å². The first-order valence-electron chi connectivity index (χ1n) is 2.34. The zero-order valence-electron chi connectivity index (χ0n) is 6.10. The van der Waals surface area contributed by atoms with Gasteiger partial charge in [0.15, 0.2) is 0 Å². The molecule has 0 fully saturated rings. The van der Waals surface area contributed by atoms with Gasteiger partial charge in [-0.1, -0.05) is 0 Å². The molecule has 0 aromatic carbocycles. The standard InChI is InChI=1S/C3H8O3.CH2O3.Na/c4-1-3(6)2-5;2-1(3)4;/h3-6H,1-2H2;(H2,2,3,4);/q;;+1/p-1.